The number of hydrogen-bond donors (Lipinski definition) is 2. The van der Waals surface area contributed by atoms with E-state index >= 15 is 0 Å². The van der Waals surface area contributed by atoms with Crippen LogP contribution in [0.2, 0.25) is 0 Å². The molecule has 0 saturated carbocycles. The maximum absolute atomic E-state index is 12.4. The number of aliphatic hydroxyl groups is 1. The Balaban J connectivity index is 2.08. The third-order valence-electron chi connectivity index (χ3n) is 3.52. The zero-order valence-corrected chi connectivity index (χ0v) is 11.5. The molecule has 0 spiro atoms. The van der Waals surface area contributed by atoms with E-state index < -0.39 is 0 Å². The predicted molar refractivity (Wildman–Crippen MR) is 69.8 cm³/mol. The number of carbonyl (C=O) groups is 1. The second-order valence-corrected chi connectivity index (χ2v) is 5.00. The first-order valence-corrected chi connectivity index (χ1v) is 6.61. The van der Waals surface area contributed by atoms with Crippen LogP contribution in [-0.2, 0) is 0 Å². The van der Waals surface area contributed by atoms with E-state index in [1.54, 1.807) is 11.8 Å². The van der Waals surface area contributed by atoms with Crippen molar-refractivity contribution >= 4 is 5.91 Å². The molecule has 0 aromatic carbocycles. The number of amides is 1. The van der Waals surface area contributed by atoms with E-state index in [9.17, 15) is 4.79 Å². The molecule has 19 heavy (non-hydrogen) atoms. The number of aliphatic hydroxyl groups excluding tert-OH is 1. The fourth-order valence-electron chi connectivity index (χ4n) is 2.43. The van der Waals surface area contributed by atoms with Crippen molar-refractivity contribution in [1.82, 2.24) is 25.0 Å². The van der Waals surface area contributed by atoms with E-state index in [2.05, 4.69) is 27.1 Å². The highest BCUT2D eigenvalue weighted by molar-refractivity contribution is 5.90. The summed E-state index contributed by atoms with van der Waals surface area (Å²) >= 11 is 0. The van der Waals surface area contributed by atoms with Crippen LogP contribution in [0, 0.1) is 6.92 Å². The Morgan fingerprint density at radius 3 is 2.74 bits per heavy atom. The first-order chi connectivity index (χ1) is 9.11. The third kappa shape index (κ3) is 3.30. The van der Waals surface area contributed by atoms with Gasteiger partial charge in [-0.3, -0.25) is 9.89 Å². The predicted octanol–water partition coefficient (Wildman–Crippen LogP) is -0.358. The summed E-state index contributed by atoms with van der Waals surface area (Å²) in [5, 5.41) is 15.8. The lowest BCUT2D eigenvalue weighted by molar-refractivity contribution is 0.0528. The van der Waals surface area contributed by atoms with Crippen molar-refractivity contribution in [2.45, 2.75) is 25.8 Å². The lowest BCUT2D eigenvalue weighted by atomic mass is 10.0. The van der Waals surface area contributed by atoms with Crippen LogP contribution >= 0.6 is 0 Å². The van der Waals surface area contributed by atoms with Gasteiger partial charge in [0.25, 0.3) is 5.91 Å². The van der Waals surface area contributed by atoms with Crippen LogP contribution < -0.4 is 0 Å². The summed E-state index contributed by atoms with van der Waals surface area (Å²) in [6.45, 7) is 3.98. The molecule has 1 fully saturated rings. The van der Waals surface area contributed by atoms with Crippen LogP contribution in [0.5, 0.6) is 0 Å². The molecule has 0 unspecified atom stereocenters. The topological polar surface area (TPSA) is 85.3 Å². The normalized spacial score (nSPS) is 17.6. The standard InChI is InChI=1S/C12H21N5O2/c1-9-13-11(15-14-9)12(19)17(7-8-18)10-3-5-16(2)6-4-10/h10,18H,3-8H2,1-2H3,(H,13,14,15). The molecule has 7 nitrogen and oxygen atoms in total. The number of aromatic amines is 1. The number of likely N-dealkylation sites (tertiary alicyclic amines) is 1. The van der Waals surface area contributed by atoms with Crippen molar-refractivity contribution in [1.29, 1.82) is 0 Å². The summed E-state index contributed by atoms with van der Waals surface area (Å²) in [4.78, 5) is 20.4. The van der Waals surface area contributed by atoms with Gasteiger partial charge in [-0.25, -0.2) is 4.98 Å². The van der Waals surface area contributed by atoms with Gasteiger partial charge in [-0.15, -0.1) is 5.10 Å². The molecular formula is C12H21N5O2. The van der Waals surface area contributed by atoms with Crippen LogP contribution in [0.25, 0.3) is 0 Å². The quantitative estimate of drug-likeness (QED) is 0.778. The molecule has 2 rings (SSSR count). The molecular weight excluding hydrogens is 246 g/mol. The minimum atomic E-state index is -0.201. The minimum Gasteiger partial charge on any atom is -0.395 e. The van der Waals surface area contributed by atoms with E-state index in [0.29, 0.717) is 12.4 Å². The minimum absolute atomic E-state index is 0.0402. The maximum atomic E-state index is 12.4. The summed E-state index contributed by atoms with van der Waals surface area (Å²) in [6, 6.07) is 0.162. The van der Waals surface area contributed by atoms with Crippen LogP contribution in [0.15, 0.2) is 0 Å². The van der Waals surface area contributed by atoms with Gasteiger partial charge in [0.1, 0.15) is 5.82 Å². The highest BCUT2D eigenvalue weighted by Crippen LogP contribution is 2.17. The highest BCUT2D eigenvalue weighted by atomic mass is 16.3. The van der Waals surface area contributed by atoms with Crippen molar-refractivity contribution in [3.63, 3.8) is 0 Å². The monoisotopic (exact) mass is 267 g/mol. The summed E-state index contributed by atoms with van der Waals surface area (Å²) < 4.78 is 0. The zero-order valence-electron chi connectivity index (χ0n) is 11.5. The van der Waals surface area contributed by atoms with E-state index in [-0.39, 0.29) is 24.4 Å². The fourth-order valence-corrected chi connectivity index (χ4v) is 2.43. The van der Waals surface area contributed by atoms with Crippen LogP contribution in [0.3, 0.4) is 0 Å². The van der Waals surface area contributed by atoms with Crippen molar-refractivity contribution < 1.29 is 9.90 Å². The van der Waals surface area contributed by atoms with Gasteiger partial charge < -0.3 is 14.9 Å². The first-order valence-electron chi connectivity index (χ1n) is 6.61. The Kier molecular flexibility index (Phi) is 4.49. The van der Waals surface area contributed by atoms with Crippen LogP contribution in [0.4, 0.5) is 0 Å². The number of rotatable bonds is 4. The Bertz CT molecular complexity index is 426. The van der Waals surface area contributed by atoms with Crippen LogP contribution in [0.1, 0.15) is 29.3 Å². The molecule has 0 atom stereocenters. The summed E-state index contributed by atoms with van der Waals surface area (Å²) in [7, 11) is 2.08. The zero-order chi connectivity index (χ0) is 13.8. The number of aromatic nitrogens is 3. The van der Waals surface area contributed by atoms with Gasteiger partial charge in [-0.1, -0.05) is 0 Å². The van der Waals surface area contributed by atoms with E-state index in [1.807, 2.05) is 0 Å². The Morgan fingerprint density at radius 1 is 1.53 bits per heavy atom. The summed E-state index contributed by atoms with van der Waals surface area (Å²) in [6.07, 6.45) is 1.84. The van der Waals surface area contributed by atoms with Gasteiger partial charge >= 0.3 is 0 Å². The molecule has 1 aromatic rings. The van der Waals surface area contributed by atoms with E-state index in [0.717, 1.165) is 25.9 Å². The molecule has 0 aliphatic carbocycles. The molecule has 2 heterocycles. The van der Waals surface area contributed by atoms with E-state index in [1.165, 1.54) is 0 Å². The molecule has 7 heteroatoms. The van der Waals surface area contributed by atoms with Crippen molar-refractivity contribution in [3.8, 4) is 0 Å². The lowest BCUT2D eigenvalue weighted by Crippen LogP contribution is -2.47. The van der Waals surface area contributed by atoms with Crippen molar-refractivity contribution in [2.24, 2.45) is 0 Å². The van der Waals surface area contributed by atoms with Gasteiger partial charge in [0.05, 0.1) is 6.61 Å². The molecule has 1 aliphatic rings. The van der Waals surface area contributed by atoms with E-state index in [4.69, 9.17) is 5.11 Å². The molecule has 1 aromatic heterocycles. The summed E-state index contributed by atoms with van der Waals surface area (Å²) in [5.74, 6) is 0.605. The van der Waals surface area contributed by atoms with Crippen molar-refractivity contribution in [2.75, 3.05) is 33.3 Å². The van der Waals surface area contributed by atoms with Gasteiger partial charge in [0.2, 0.25) is 5.82 Å². The first kappa shape index (κ1) is 14.0. The van der Waals surface area contributed by atoms with Gasteiger partial charge in [-0.05, 0) is 39.9 Å². The number of hydrogen-bond acceptors (Lipinski definition) is 5. The number of nitrogens with one attached hydrogen (secondary N) is 1. The highest BCUT2D eigenvalue weighted by Gasteiger charge is 2.29. The second-order valence-electron chi connectivity index (χ2n) is 5.00. The van der Waals surface area contributed by atoms with Crippen molar-refractivity contribution in [3.05, 3.63) is 11.6 Å². The number of nitrogens with zero attached hydrogens (tertiary/aromatic N) is 4. The van der Waals surface area contributed by atoms with Gasteiger partial charge in [0.15, 0.2) is 0 Å². The Labute approximate surface area is 112 Å². The SMILES string of the molecule is Cc1nc(C(=O)N(CCO)C2CCN(C)CC2)n[nH]1. The molecule has 1 saturated heterocycles. The van der Waals surface area contributed by atoms with Gasteiger partial charge in [0, 0.05) is 12.6 Å². The molecule has 106 valence electrons. The number of piperidine rings is 1. The molecule has 2 N–H and O–H groups in total. The number of H-pyrrole nitrogens is 1. The second kappa shape index (κ2) is 6.12. The maximum Gasteiger partial charge on any atom is 0.293 e. The lowest BCUT2D eigenvalue weighted by Gasteiger charge is -2.36. The average molecular weight is 267 g/mol. The average Bonchev–Trinajstić information content (AvgIpc) is 2.83. The third-order valence-corrected chi connectivity index (χ3v) is 3.52. The molecule has 0 radical (unpaired) electrons. The Morgan fingerprint density at radius 2 is 2.21 bits per heavy atom. The molecule has 1 aliphatic heterocycles. The number of aryl methyl sites for hydroxylation is 1. The molecule has 0 bridgehead atoms. The smallest absolute Gasteiger partial charge is 0.293 e. The fraction of sp³-hybridized carbons (Fsp3) is 0.750. The summed E-state index contributed by atoms with van der Waals surface area (Å²) in [5.41, 5.74) is 0. The van der Waals surface area contributed by atoms with Crippen LogP contribution in [-0.4, -0.2) is 75.3 Å². The largest absolute Gasteiger partial charge is 0.395 e. The Hall–Kier alpha value is -1.47. The molecule has 1 amide bonds. The number of carbonyl (C=O) groups excluding carboxylic acids is 1. The van der Waals surface area contributed by atoms with Gasteiger partial charge in [-0.2, -0.15) is 0 Å².